The molecule has 3 N–H and O–H groups in total. The van der Waals surface area contributed by atoms with E-state index in [0.717, 1.165) is 37.4 Å². The van der Waals surface area contributed by atoms with Crippen LogP contribution in [0.3, 0.4) is 0 Å². The van der Waals surface area contributed by atoms with Crippen LogP contribution in [0.5, 0.6) is 0 Å². The van der Waals surface area contributed by atoms with Crippen molar-refractivity contribution in [3.8, 4) is 0 Å². The van der Waals surface area contributed by atoms with Crippen LogP contribution in [-0.4, -0.2) is 24.4 Å². The van der Waals surface area contributed by atoms with Crippen molar-refractivity contribution in [1.82, 2.24) is 10.3 Å². The summed E-state index contributed by atoms with van der Waals surface area (Å²) in [6, 6.07) is 7.92. The Kier molecular flexibility index (Phi) is 7.48. The molecule has 1 aromatic carbocycles. The Morgan fingerprint density at radius 2 is 2.16 bits per heavy atom. The van der Waals surface area contributed by atoms with E-state index in [9.17, 15) is 4.79 Å². The summed E-state index contributed by atoms with van der Waals surface area (Å²) in [5.41, 5.74) is 3.36. The fraction of sp³-hybridized carbons (Fsp3) is 0.500. The first-order valence-electron chi connectivity index (χ1n) is 6.54. The van der Waals surface area contributed by atoms with E-state index in [1.807, 2.05) is 18.2 Å². The number of hydrogen-bond acceptors (Lipinski definition) is 3. The monoisotopic (exact) mass is 283 g/mol. The molecule has 0 radical (unpaired) electrons. The van der Waals surface area contributed by atoms with Gasteiger partial charge in [-0.3, -0.25) is 10.2 Å². The number of benzene rings is 1. The summed E-state index contributed by atoms with van der Waals surface area (Å²) in [4.78, 5) is 13.2. The van der Waals surface area contributed by atoms with E-state index >= 15 is 0 Å². The topological polar surface area (TPSA) is 58.4 Å². The number of rotatable bonds is 8. The molecular weight excluding hydrogens is 262 g/mol. The fourth-order valence-corrected chi connectivity index (χ4v) is 2.16. The van der Waals surface area contributed by atoms with Crippen LogP contribution in [0.4, 0.5) is 0 Å². The average molecular weight is 284 g/mol. The first kappa shape index (κ1) is 16.0. The lowest BCUT2D eigenvalue weighted by molar-refractivity contribution is -0.121. The van der Waals surface area contributed by atoms with Crippen molar-refractivity contribution in [3.05, 3.63) is 34.9 Å². The van der Waals surface area contributed by atoms with Gasteiger partial charge in [-0.1, -0.05) is 30.2 Å². The average Bonchev–Trinajstić information content (AvgIpc) is 2.38. The van der Waals surface area contributed by atoms with Crippen LogP contribution >= 0.6 is 11.6 Å². The molecule has 1 rings (SSSR count). The van der Waals surface area contributed by atoms with Gasteiger partial charge in [0.15, 0.2) is 0 Å². The molecule has 0 unspecified atom stereocenters. The van der Waals surface area contributed by atoms with Crippen LogP contribution in [-0.2, 0) is 11.3 Å². The number of amides is 1. The van der Waals surface area contributed by atoms with Crippen molar-refractivity contribution in [2.75, 3.05) is 13.6 Å². The van der Waals surface area contributed by atoms with Crippen LogP contribution < -0.4 is 11.3 Å². The molecule has 0 aromatic heterocycles. The maximum atomic E-state index is 10.9. The second-order valence-corrected chi connectivity index (χ2v) is 5.18. The van der Waals surface area contributed by atoms with Crippen molar-refractivity contribution in [2.45, 2.75) is 32.2 Å². The lowest BCUT2D eigenvalue weighted by Crippen LogP contribution is -2.29. The van der Waals surface area contributed by atoms with Gasteiger partial charge in [0.2, 0.25) is 5.91 Å². The minimum absolute atomic E-state index is 0.0905. The molecule has 106 valence electrons. The van der Waals surface area contributed by atoms with E-state index in [1.165, 1.54) is 5.56 Å². The number of halogens is 1. The van der Waals surface area contributed by atoms with Crippen LogP contribution in [0.1, 0.15) is 31.2 Å². The van der Waals surface area contributed by atoms with E-state index < -0.39 is 0 Å². The molecule has 0 aliphatic heterocycles. The van der Waals surface area contributed by atoms with Gasteiger partial charge in [-0.25, -0.2) is 5.84 Å². The van der Waals surface area contributed by atoms with Gasteiger partial charge in [0.05, 0.1) is 0 Å². The summed E-state index contributed by atoms with van der Waals surface area (Å²) in [5.74, 6) is 4.92. The number of carbonyl (C=O) groups excluding carboxylic acids is 1. The molecule has 0 spiro atoms. The Hall–Kier alpha value is -1.10. The van der Waals surface area contributed by atoms with Crippen molar-refractivity contribution in [3.63, 3.8) is 0 Å². The molecule has 0 saturated heterocycles. The minimum atomic E-state index is -0.0905. The lowest BCUT2D eigenvalue weighted by atomic mass is 10.1. The quantitative estimate of drug-likeness (QED) is 0.333. The number of hydrogen-bond donors (Lipinski definition) is 2. The Morgan fingerprint density at radius 1 is 1.37 bits per heavy atom. The number of carbonyl (C=O) groups is 1. The molecule has 1 aromatic rings. The third kappa shape index (κ3) is 7.15. The highest BCUT2D eigenvalue weighted by molar-refractivity contribution is 6.30. The highest BCUT2D eigenvalue weighted by Gasteiger charge is 2.02. The number of nitrogens with zero attached hydrogens (tertiary/aromatic N) is 1. The number of nitrogens with two attached hydrogens (primary N) is 1. The maximum absolute atomic E-state index is 10.9. The standard InChI is InChI=1S/C14H22ClN3O/c1-18(9-4-2-3-8-14(19)17-16)11-12-6-5-7-13(15)10-12/h5-7,10H,2-4,8-9,11,16H2,1H3,(H,17,19). The maximum Gasteiger partial charge on any atom is 0.233 e. The van der Waals surface area contributed by atoms with Crippen molar-refractivity contribution in [2.24, 2.45) is 5.84 Å². The van der Waals surface area contributed by atoms with Gasteiger partial charge in [-0.2, -0.15) is 0 Å². The smallest absolute Gasteiger partial charge is 0.233 e. The predicted octanol–water partition coefficient (Wildman–Crippen LogP) is 2.32. The van der Waals surface area contributed by atoms with E-state index in [2.05, 4.69) is 23.4 Å². The molecule has 0 atom stereocenters. The van der Waals surface area contributed by atoms with Gasteiger partial charge >= 0.3 is 0 Å². The minimum Gasteiger partial charge on any atom is -0.302 e. The zero-order chi connectivity index (χ0) is 14.1. The summed E-state index contributed by atoms with van der Waals surface area (Å²) in [5, 5.41) is 0.777. The third-order valence-electron chi connectivity index (χ3n) is 2.95. The van der Waals surface area contributed by atoms with Gasteiger partial charge in [-0.05, 0) is 44.1 Å². The predicted molar refractivity (Wildman–Crippen MR) is 78.6 cm³/mol. The van der Waals surface area contributed by atoms with Crippen LogP contribution in [0.15, 0.2) is 24.3 Å². The summed E-state index contributed by atoms with van der Waals surface area (Å²) < 4.78 is 0. The summed E-state index contributed by atoms with van der Waals surface area (Å²) in [6.07, 6.45) is 3.50. The number of unbranched alkanes of at least 4 members (excludes halogenated alkanes) is 2. The third-order valence-corrected chi connectivity index (χ3v) is 3.18. The zero-order valence-corrected chi connectivity index (χ0v) is 12.1. The molecule has 4 nitrogen and oxygen atoms in total. The van der Waals surface area contributed by atoms with Gasteiger partial charge in [0.25, 0.3) is 0 Å². The summed E-state index contributed by atoms with van der Waals surface area (Å²) >= 11 is 5.95. The normalized spacial score (nSPS) is 10.7. The van der Waals surface area contributed by atoms with Crippen LogP contribution in [0.25, 0.3) is 0 Å². The van der Waals surface area contributed by atoms with E-state index in [4.69, 9.17) is 17.4 Å². The van der Waals surface area contributed by atoms with Gasteiger partial charge in [0, 0.05) is 18.0 Å². The Balaban J connectivity index is 2.14. The van der Waals surface area contributed by atoms with E-state index in [-0.39, 0.29) is 5.91 Å². The van der Waals surface area contributed by atoms with Gasteiger partial charge < -0.3 is 4.90 Å². The first-order valence-corrected chi connectivity index (χ1v) is 6.92. The second-order valence-electron chi connectivity index (χ2n) is 4.75. The Labute approximate surface area is 119 Å². The van der Waals surface area contributed by atoms with Crippen molar-refractivity contribution >= 4 is 17.5 Å². The van der Waals surface area contributed by atoms with E-state index in [0.29, 0.717) is 6.42 Å². The Bertz CT molecular complexity index is 398. The molecule has 0 aliphatic rings. The molecule has 0 heterocycles. The molecule has 0 saturated carbocycles. The molecule has 5 heteroatoms. The number of hydrazine groups is 1. The SMILES string of the molecule is CN(CCCCCC(=O)NN)Cc1cccc(Cl)c1. The van der Waals surface area contributed by atoms with Gasteiger partial charge in [0.1, 0.15) is 0 Å². The first-order chi connectivity index (χ1) is 9.11. The lowest BCUT2D eigenvalue weighted by Gasteiger charge is -2.16. The van der Waals surface area contributed by atoms with Gasteiger partial charge in [-0.15, -0.1) is 0 Å². The van der Waals surface area contributed by atoms with E-state index in [1.54, 1.807) is 0 Å². The molecule has 1 amide bonds. The second kappa shape index (κ2) is 8.91. The van der Waals surface area contributed by atoms with Crippen LogP contribution in [0, 0.1) is 0 Å². The summed E-state index contributed by atoms with van der Waals surface area (Å²) in [6.45, 7) is 1.90. The molecule has 0 fully saturated rings. The number of nitrogens with one attached hydrogen (secondary N) is 1. The largest absolute Gasteiger partial charge is 0.302 e. The van der Waals surface area contributed by atoms with Crippen molar-refractivity contribution < 1.29 is 4.79 Å². The highest BCUT2D eigenvalue weighted by atomic mass is 35.5. The highest BCUT2D eigenvalue weighted by Crippen LogP contribution is 2.12. The Morgan fingerprint density at radius 3 is 2.84 bits per heavy atom. The molecule has 19 heavy (non-hydrogen) atoms. The molecule has 0 bridgehead atoms. The van der Waals surface area contributed by atoms with Crippen LogP contribution in [0.2, 0.25) is 5.02 Å². The zero-order valence-electron chi connectivity index (χ0n) is 11.4. The summed E-state index contributed by atoms with van der Waals surface area (Å²) in [7, 11) is 2.09. The fourth-order valence-electron chi connectivity index (χ4n) is 1.94. The molecule has 0 aliphatic carbocycles. The van der Waals surface area contributed by atoms with Crippen molar-refractivity contribution in [1.29, 1.82) is 0 Å². The molecular formula is C14H22ClN3O.